The Hall–Kier alpha value is -2.37. The van der Waals surface area contributed by atoms with Gasteiger partial charge >= 0.3 is 0 Å². The summed E-state index contributed by atoms with van der Waals surface area (Å²) in [5, 5.41) is 17.2. The first-order valence-corrected chi connectivity index (χ1v) is 4.63. The van der Waals surface area contributed by atoms with E-state index in [1.54, 1.807) is 13.0 Å². The number of nitrogens with zero attached hydrogens (tertiary/aromatic N) is 2. The number of benzene rings is 1. The Bertz CT molecular complexity index is 548. The van der Waals surface area contributed by atoms with Gasteiger partial charge in [-0.25, -0.2) is 0 Å². The molecule has 0 aliphatic carbocycles. The number of anilines is 1. The van der Waals surface area contributed by atoms with E-state index in [9.17, 15) is 10.1 Å². The first kappa shape index (κ1) is 10.2. The summed E-state index contributed by atoms with van der Waals surface area (Å²) in [7, 11) is 0. The fraction of sp³-hybridized carbons (Fsp3) is 0.100. The molecule has 0 bridgehead atoms. The van der Waals surface area contributed by atoms with Crippen molar-refractivity contribution < 1.29 is 4.92 Å². The van der Waals surface area contributed by atoms with Crippen molar-refractivity contribution in [1.29, 1.82) is 0 Å². The molecule has 0 amide bonds. The predicted octanol–water partition coefficient (Wildman–Crippen LogP) is 1.88. The van der Waals surface area contributed by atoms with Gasteiger partial charge in [-0.1, -0.05) is 0 Å². The molecule has 0 radical (unpaired) electrons. The number of aromatic nitrogens is 2. The summed E-state index contributed by atoms with van der Waals surface area (Å²) in [4.78, 5) is 10.3. The topological polar surface area (TPSA) is 97.8 Å². The number of hydrogen-bond donors (Lipinski definition) is 2. The van der Waals surface area contributed by atoms with Crippen LogP contribution >= 0.6 is 0 Å². The number of nitrogens with two attached hydrogens (primary N) is 1. The maximum atomic E-state index is 10.7. The Labute approximate surface area is 91.2 Å². The van der Waals surface area contributed by atoms with Crippen molar-refractivity contribution in [3.05, 3.63) is 39.9 Å². The highest BCUT2D eigenvalue weighted by Gasteiger charge is 2.10. The molecule has 0 saturated heterocycles. The lowest BCUT2D eigenvalue weighted by Gasteiger charge is -2.00. The molecule has 6 heteroatoms. The van der Waals surface area contributed by atoms with Gasteiger partial charge in [0.15, 0.2) is 0 Å². The maximum Gasteiger partial charge on any atom is 0.270 e. The van der Waals surface area contributed by atoms with E-state index in [2.05, 4.69) is 10.2 Å². The Balaban J connectivity index is 2.53. The third kappa shape index (κ3) is 1.85. The molecule has 2 rings (SSSR count). The molecule has 0 fully saturated rings. The standard InChI is InChI=1S/C10H10N4O2/c1-6-2-7(4-8(3-6)14(15)16)9-5-10(11)13-12-9/h2-5H,1H3,(H3,11,12,13). The van der Waals surface area contributed by atoms with E-state index >= 15 is 0 Å². The summed E-state index contributed by atoms with van der Waals surface area (Å²) in [5.74, 6) is 0.360. The van der Waals surface area contributed by atoms with E-state index in [0.29, 0.717) is 17.1 Å². The van der Waals surface area contributed by atoms with Crippen molar-refractivity contribution in [3.63, 3.8) is 0 Å². The number of nitrogen functional groups attached to an aromatic ring is 1. The molecule has 1 aromatic heterocycles. The summed E-state index contributed by atoms with van der Waals surface area (Å²) < 4.78 is 0. The zero-order chi connectivity index (χ0) is 11.7. The highest BCUT2D eigenvalue weighted by molar-refractivity contribution is 5.65. The van der Waals surface area contributed by atoms with Gasteiger partial charge in [-0.3, -0.25) is 15.2 Å². The largest absolute Gasteiger partial charge is 0.382 e. The lowest BCUT2D eigenvalue weighted by atomic mass is 10.1. The highest BCUT2D eigenvalue weighted by Crippen LogP contribution is 2.25. The molecule has 0 spiro atoms. The Morgan fingerprint density at radius 1 is 1.38 bits per heavy atom. The van der Waals surface area contributed by atoms with E-state index in [-0.39, 0.29) is 5.69 Å². The molecule has 3 N–H and O–H groups in total. The maximum absolute atomic E-state index is 10.7. The second-order valence-electron chi connectivity index (χ2n) is 3.52. The fourth-order valence-corrected chi connectivity index (χ4v) is 1.51. The average molecular weight is 218 g/mol. The van der Waals surface area contributed by atoms with Crippen molar-refractivity contribution in [2.24, 2.45) is 0 Å². The number of non-ortho nitro benzene ring substituents is 1. The van der Waals surface area contributed by atoms with E-state index in [4.69, 9.17) is 5.73 Å². The molecule has 0 unspecified atom stereocenters. The quantitative estimate of drug-likeness (QED) is 0.593. The van der Waals surface area contributed by atoms with Crippen LogP contribution in [0.15, 0.2) is 24.3 Å². The third-order valence-corrected chi connectivity index (χ3v) is 2.18. The zero-order valence-corrected chi connectivity index (χ0v) is 8.60. The van der Waals surface area contributed by atoms with E-state index in [1.165, 1.54) is 12.1 Å². The smallest absolute Gasteiger partial charge is 0.270 e. The molecule has 6 nitrogen and oxygen atoms in total. The van der Waals surface area contributed by atoms with Gasteiger partial charge < -0.3 is 5.73 Å². The van der Waals surface area contributed by atoms with E-state index in [1.807, 2.05) is 6.07 Å². The zero-order valence-electron chi connectivity index (χ0n) is 8.60. The summed E-state index contributed by atoms with van der Waals surface area (Å²) in [6.45, 7) is 1.80. The van der Waals surface area contributed by atoms with Crippen LogP contribution in [-0.4, -0.2) is 15.1 Å². The molecule has 0 atom stereocenters. The number of nitro benzene ring substituents is 1. The van der Waals surface area contributed by atoms with Gasteiger partial charge in [0.25, 0.3) is 5.69 Å². The van der Waals surface area contributed by atoms with Crippen molar-refractivity contribution in [1.82, 2.24) is 10.2 Å². The van der Waals surface area contributed by atoms with Gasteiger partial charge in [0.05, 0.1) is 10.6 Å². The van der Waals surface area contributed by atoms with E-state index < -0.39 is 4.92 Å². The van der Waals surface area contributed by atoms with Crippen LogP contribution in [0.3, 0.4) is 0 Å². The van der Waals surface area contributed by atoms with Gasteiger partial charge in [0, 0.05) is 23.8 Å². The van der Waals surface area contributed by atoms with Gasteiger partial charge in [0.1, 0.15) is 5.82 Å². The molecule has 1 aromatic carbocycles. The first-order valence-electron chi connectivity index (χ1n) is 4.63. The lowest BCUT2D eigenvalue weighted by molar-refractivity contribution is -0.384. The molecule has 1 heterocycles. The summed E-state index contributed by atoms with van der Waals surface area (Å²) in [5.41, 5.74) is 7.73. The van der Waals surface area contributed by atoms with Crippen LogP contribution in [0.2, 0.25) is 0 Å². The van der Waals surface area contributed by atoms with Crippen LogP contribution in [0.1, 0.15) is 5.56 Å². The number of nitrogens with one attached hydrogen (secondary N) is 1. The SMILES string of the molecule is Cc1cc(-c2cc(N)n[nH]2)cc([N+](=O)[O-])c1. The number of aromatic amines is 1. The number of nitro groups is 1. The highest BCUT2D eigenvalue weighted by atomic mass is 16.6. The molecular weight excluding hydrogens is 208 g/mol. The van der Waals surface area contributed by atoms with Crippen molar-refractivity contribution in [2.75, 3.05) is 5.73 Å². The van der Waals surface area contributed by atoms with Crippen LogP contribution in [0.4, 0.5) is 11.5 Å². The van der Waals surface area contributed by atoms with Gasteiger partial charge in [0.2, 0.25) is 0 Å². The number of H-pyrrole nitrogens is 1. The van der Waals surface area contributed by atoms with Gasteiger partial charge in [-0.15, -0.1) is 0 Å². The summed E-state index contributed by atoms with van der Waals surface area (Å²) >= 11 is 0. The molecular formula is C10H10N4O2. The second kappa shape index (κ2) is 3.65. The van der Waals surface area contributed by atoms with Gasteiger partial charge in [-0.2, -0.15) is 5.10 Å². The molecule has 82 valence electrons. The summed E-state index contributed by atoms with van der Waals surface area (Å²) in [6, 6.07) is 6.47. The van der Waals surface area contributed by atoms with Crippen LogP contribution in [0.5, 0.6) is 0 Å². The number of rotatable bonds is 2. The summed E-state index contributed by atoms with van der Waals surface area (Å²) in [6.07, 6.45) is 0. The molecule has 0 aliphatic heterocycles. The Kier molecular flexibility index (Phi) is 2.32. The van der Waals surface area contributed by atoms with Crippen LogP contribution in [0.25, 0.3) is 11.3 Å². The van der Waals surface area contributed by atoms with Crippen LogP contribution < -0.4 is 5.73 Å². The minimum atomic E-state index is -0.420. The minimum Gasteiger partial charge on any atom is -0.382 e. The number of aryl methyl sites for hydroxylation is 1. The molecule has 2 aromatic rings. The normalized spacial score (nSPS) is 10.3. The predicted molar refractivity (Wildman–Crippen MR) is 59.8 cm³/mol. The third-order valence-electron chi connectivity index (χ3n) is 2.18. The van der Waals surface area contributed by atoms with Crippen molar-refractivity contribution in [2.45, 2.75) is 6.92 Å². The number of hydrogen-bond acceptors (Lipinski definition) is 4. The Morgan fingerprint density at radius 2 is 2.12 bits per heavy atom. The average Bonchev–Trinajstić information content (AvgIpc) is 2.64. The van der Waals surface area contributed by atoms with Crippen LogP contribution in [0, 0.1) is 17.0 Å². The monoisotopic (exact) mass is 218 g/mol. The lowest BCUT2D eigenvalue weighted by Crippen LogP contribution is -1.90. The Morgan fingerprint density at radius 3 is 2.69 bits per heavy atom. The van der Waals surface area contributed by atoms with E-state index in [0.717, 1.165) is 5.56 Å². The van der Waals surface area contributed by atoms with Crippen molar-refractivity contribution >= 4 is 11.5 Å². The van der Waals surface area contributed by atoms with Crippen molar-refractivity contribution in [3.8, 4) is 11.3 Å². The van der Waals surface area contributed by atoms with Gasteiger partial charge in [-0.05, 0) is 18.6 Å². The first-order chi connectivity index (χ1) is 7.56. The fourth-order valence-electron chi connectivity index (χ4n) is 1.51. The molecule has 16 heavy (non-hydrogen) atoms. The van der Waals surface area contributed by atoms with Crippen LogP contribution in [-0.2, 0) is 0 Å². The molecule has 0 aliphatic rings. The molecule has 0 saturated carbocycles. The second-order valence-corrected chi connectivity index (χ2v) is 3.52. The minimum absolute atomic E-state index is 0.0585.